The van der Waals surface area contributed by atoms with Crippen LogP contribution in [0, 0.1) is 0 Å². The zero-order valence-electron chi connectivity index (χ0n) is 15.3. The standard InChI is InChI=1S/C20H21N3O2S2/c1-13(18-21-14-7-3-4-9-16(14)27-18)22(2)19(24)15-8-5-11-23(15)20(25)17-10-6-12-26-17/h3-4,6-7,9-10,12-13,15H,5,8,11H2,1-2H3. The summed E-state index contributed by atoms with van der Waals surface area (Å²) in [7, 11) is 1.81. The molecule has 1 saturated heterocycles. The van der Waals surface area contributed by atoms with Crippen LogP contribution in [0.5, 0.6) is 0 Å². The van der Waals surface area contributed by atoms with Crippen molar-refractivity contribution in [2.75, 3.05) is 13.6 Å². The Bertz CT molecular complexity index is 934. The molecule has 1 aliphatic heterocycles. The molecule has 1 aromatic carbocycles. The van der Waals surface area contributed by atoms with Gasteiger partial charge >= 0.3 is 0 Å². The first-order chi connectivity index (χ1) is 13.1. The highest BCUT2D eigenvalue weighted by Gasteiger charge is 2.37. The van der Waals surface area contributed by atoms with Crippen molar-refractivity contribution >= 4 is 44.7 Å². The lowest BCUT2D eigenvalue weighted by Crippen LogP contribution is -2.47. The van der Waals surface area contributed by atoms with E-state index in [1.165, 1.54) is 11.3 Å². The molecule has 0 aliphatic carbocycles. The Morgan fingerprint density at radius 2 is 2.07 bits per heavy atom. The summed E-state index contributed by atoms with van der Waals surface area (Å²) >= 11 is 3.04. The lowest BCUT2D eigenvalue weighted by Gasteiger charge is -2.30. The van der Waals surface area contributed by atoms with Gasteiger partial charge in [-0.25, -0.2) is 4.98 Å². The first kappa shape index (κ1) is 18.1. The number of likely N-dealkylation sites (tertiary alicyclic amines) is 1. The second kappa shape index (κ2) is 7.40. The molecule has 2 aromatic heterocycles. The number of thiophene rings is 1. The second-order valence-corrected chi connectivity index (χ2v) is 8.79. The highest BCUT2D eigenvalue weighted by molar-refractivity contribution is 7.18. The first-order valence-electron chi connectivity index (χ1n) is 9.03. The Hall–Kier alpha value is -2.25. The van der Waals surface area contributed by atoms with Crippen LogP contribution in [0.15, 0.2) is 41.8 Å². The third-order valence-electron chi connectivity index (χ3n) is 5.13. The Labute approximate surface area is 166 Å². The monoisotopic (exact) mass is 399 g/mol. The number of hydrogen-bond donors (Lipinski definition) is 0. The summed E-state index contributed by atoms with van der Waals surface area (Å²) in [6, 6.07) is 11.2. The SMILES string of the molecule is CC(c1nc2ccccc2s1)N(C)C(=O)C1CCCN1C(=O)c1cccs1. The van der Waals surface area contributed by atoms with E-state index in [9.17, 15) is 9.59 Å². The minimum Gasteiger partial charge on any atom is -0.335 e. The second-order valence-electron chi connectivity index (χ2n) is 6.78. The minimum absolute atomic E-state index is 0.0100. The maximum absolute atomic E-state index is 13.2. The van der Waals surface area contributed by atoms with Crippen molar-refractivity contribution < 1.29 is 9.59 Å². The summed E-state index contributed by atoms with van der Waals surface area (Å²) < 4.78 is 1.12. The number of thiazole rings is 1. The largest absolute Gasteiger partial charge is 0.335 e. The fraction of sp³-hybridized carbons (Fsp3) is 0.350. The van der Waals surface area contributed by atoms with Crippen molar-refractivity contribution in [2.24, 2.45) is 0 Å². The van der Waals surface area contributed by atoms with Crippen LogP contribution in [0.4, 0.5) is 0 Å². The fourth-order valence-corrected chi connectivity index (χ4v) is 5.21. The van der Waals surface area contributed by atoms with Crippen LogP contribution in [0.2, 0.25) is 0 Å². The van der Waals surface area contributed by atoms with Gasteiger partial charge in [-0.3, -0.25) is 9.59 Å². The van der Waals surface area contributed by atoms with Crippen molar-refractivity contribution in [1.29, 1.82) is 0 Å². The van der Waals surface area contributed by atoms with Gasteiger partial charge < -0.3 is 9.80 Å². The highest BCUT2D eigenvalue weighted by Crippen LogP contribution is 2.31. The Morgan fingerprint density at radius 1 is 1.26 bits per heavy atom. The van der Waals surface area contributed by atoms with E-state index in [1.807, 2.05) is 55.7 Å². The van der Waals surface area contributed by atoms with Gasteiger partial charge in [-0.2, -0.15) is 0 Å². The van der Waals surface area contributed by atoms with E-state index in [0.717, 1.165) is 21.6 Å². The van der Waals surface area contributed by atoms with Gasteiger partial charge in [0.05, 0.1) is 21.1 Å². The normalized spacial score (nSPS) is 18.0. The average molecular weight is 400 g/mol. The number of rotatable bonds is 4. The van der Waals surface area contributed by atoms with E-state index >= 15 is 0 Å². The Morgan fingerprint density at radius 3 is 2.81 bits per heavy atom. The van der Waals surface area contributed by atoms with E-state index in [4.69, 9.17) is 0 Å². The predicted octanol–water partition coefficient (Wildman–Crippen LogP) is 4.18. The summed E-state index contributed by atoms with van der Waals surface area (Å²) in [6.07, 6.45) is 1.57. The molecule has 0 saturated carbocycles. The highest BCUT2D eigenvalue weighted by atomic mass is 32.1. The number of likely N-dealkylation sites (N-methyl/N-ethyl adjacent to an activating group) is 1. The fourth-order valence-electron chi connectivity index (χ4n) is 3.47. The summed E-state index contributed by atoms with van der Waals surface area (Å²) in [4.78, 5) is 34.8. The topological polar surface area (TPSA) is 53.5 Å². The summed E-state index contributed by atoms with van der Waals surface area (Å²) in [5.74, 6) is -0.0500. The molecule has 4 rings (SSSR count). The van der Waals surface area contributed by atoms with E-state index in [-0.39, 0.29) is 23.9 Å². The smallest absolute Gasteiger partial charge is 0.264 e. The summed E-state index contributed by atoms with van der Waals surface area (Å²) in [5.41, 5.74) is 0.959. The van der Waals surface area contributed by atoms with E-state index in [1.54, 1.807) is 21.1 Å². The molecule has 3 heterocycles. The summed E-state index contributed by atoms with van der Waals surface area (Å²) in [5, 5.41) is 2.81. The number of carbonyl (C=O) groups is 2. The van der Waals surface area contributed by atoms with E-state index in [0.29, 0.717) is 17.8 Å². The van der Waals surface area contributed by atoms with Crippen LogP contribution in [0.1, 0.15) is 40.5 Å². The number of nitrogens with zero attached hydrogens (tertiary/aromatic N) is 3. The number of benzene rings is 1. The van der Waals surface area contributed by atoms with Crippen molar-refractivity contribution in [3.8, 4) is 0 Å². The number of hydrogen-bond acceptors (Lipinski definition) is 5. The zero-order valence-corrected chi connectivity index (χ0v) is 16.9. The van der Waals surface area contributed by atoms with Crippen LogP contribution in [0.25, 0.3) is 10.2 Å². The first-order valence-corrected chi connectivity index (χ1v) is 10.7. The third kappa shape index (κ3) is 3.37. The van der Waals surface area contributed by atoms with Gasteiger partial charge in [0.25, 0.3) is 5.91 Å². The lowest BCUT2D eigenvalue weighted by atomic mass is 10.1. The quantitative estimate of drug-likeness (QED) is 0.661. The van der Waals surface area contributed by atoms with Crippen molar-refractivity contribution in [3.05, 3.63) is 51.7 Å². The van der Waals surface area contributed by atoms with Gasteiger partial charge in [0, 0.05) is 13.6 Å². The van der Waals surface area contributed by atoms with Crippen molar-refractivity contribution in [2.45, 2.75) is 31.8 Å². The molecule has 140 valence electrons. The molecule has 2 amide bonds. The third-order valence-corrected chi connectivity index (χ3v) is 7.19. The zero-order chi connectivity index (χ0) is 19.0. The molecule has 1 fully saturated rings. The van der Waals surface area contributed by atoms with E-state index < -0.39 is 0 Å². The molecule has 5 nitrogen and oxygen atoms in total. The van der Waals surface area contributed by atoms with Crippen LogP contribution < -0.4 is 0 Å². The molecule has 0 spiro atoms. The minimum atomic E-state index is -0.388. The Kier molecular flexibility index (Phi) is 4.97. The van der Waals surface area contributed by atoms with Gasteiger partial charge in [0.15, 0.2) is 0 Å². The van der Waals surface area contributed by atoms with Crippen molar-refractivity contribution in [1.82, 2.24) is 14.8 Å². The van der Waals surface area contributed by atoms with Crippen LogP contribution in [-0.4, -0.2) is 46.2 Å². The number of para-hydroxylation sites is 1. The van der Waals surface area contributed by atoms with Crippen LogP contribution in [0.3, 0.4) is 0 Å². The number of carbonyl (C=O) groups excluding carboxylic acids is 2. The van der Waals surface area contributed by atoms with E-state index in [2.05, 4.69) is 4.98 Å². The van der Waals surface area contributed by atoms with Gasteiger partial charge in [-0.1, -0.05) is 18.2 Å². The van der Waals surface area contributed by atoms with Gasteiger partial charge in [0.2, 0.25) is 5.91 Å². The van der Waals surface area contributed by atoms with Crippen LogP contribution in [-0.2, 0) is 4.79 Å². The molecule has 0 bridgehead atoms. The molecule has 0 N–H and O–H groups in total. The molecular weight excluding hydrogens is 378 g/mol. The van der Waals surface area contributed by atoms with Crippen LogP contribution >= 0.6 is 22.7 Å². The van der Waals surface area contributed by atoms with Gasteiger partial charge in [0.1, 0.15) is 11.0 Å². The molecule has 2 atom stereocenters. The molecule has 27 heavy (non-hydrogen) atoms. The number of aromatic nitrogens is 1. The van der Waals surface area contributed by atoms with Gasteiger partial charge in [-0.15, -0.1) is 22.7 Å². The average Bonchev–Trinajstić information content (AvgIpc) is 3.45. The summed E-state index contributed by atoms with van der Waals surface area (Å²) in [6.45, 7) is 2.63. The molecule has 3 aromatic rings. The lowest BCUT2D eigenvalue weighted by molar-refractivity contribution is -0.135. The number of amides is 2. The molecule has 0 radical (unpaired) electrons. The molecular formula is C20H21N3O2S2. The Balaban J connectivity index is 1.53. The van der Waals surface area contributed by atoms with Crippen molar-refractivity contribution in [3.63, 3.8) is 0 Å². The maximum atomic E-state index is 13.2. The molecule has 7 heteroatoms. The predicted molar refractivity (Wildman–Crippen MR) is 109 cm³/mol. The maximum Gasteiger partial charge on any atom is 0.264 e. The van der Waals surface area contributed by atoms with Gasteiger partial charge in [-0.05, 0) is 43.3 Å². The molecule has 1 aliphatic rings. The molecule has 2 unspecified atom stereocenters. The number of fused-ring (bicyclic) bond motifs is 1.